The molecular formula is C17H16FN3O4S2. The van der Waals surface area contributed by atoms with Gasteiger partial charge in [0.25, 0.3) is 0 Å². The summed E-state index contributed by atoms with van der Waals surface area (Å²) in [4.78, 5) is 26.4. The van der Waals surface area contributed by atoms with E-state index in [2.05, 4.69) is 0 Å². The van der Waals surface area contributed by atoms with E-state index in [0.717, 1.165) is 10.9 Å². The highest BCUT2D eigenvalue weighted by Crippen LogP contribution is 2.27. The van der Waals surface area contributed by atoms with Crippen molar-refractivity contribution in [3.63, 3.8) is 0 Å². The molecule has 1 aliphatic rings. The number of aliphatic carboxylic acids is 1. The summed E-state index contributed by atoms with van der Waals surface area (Å²) in [5, 5.41) is 16.5. The van der Waals surface area contributed by atoms with Gasteiger partial charge < -0.3 is 15.6 Å². The summed E-state index contributed by atoms with van der Waals surface area (Å²) >= 11 is 2.73. The molecule has 4 N–H and O–H groups in total. The number of benzene rings is 1. The molecule has 27 heavy (non-hydrogen) atoms. The topological polar surface area (TPSA) is 117 Å². The molecule has 2 heterocycles. The van der Waals surface area contributed by atoms with E-state index < -0.39 is 23.8 Å². The molecule has 0 aliphatic carbocycles. The number of nitrogens with one attached hydrogen (secondary N) is 1. The minimum atomic E-state index is -0.860. The molecule has 1 aliphatic heterocycles. The molecule has 0 unspecified atom stereocenters. The summed E-state index contributed by atoms with van der Waals surface area (Å²) in [6.07, 6.45) is 0. The molecule has 1 saturated heterocycles. The van der Waals surface area contributed by atoms with Crippen molar-refractivity contribution in [1.29, 1.82) is 5.41 Å². The third kappa shape index (κ3) is 4.46. The predicted molar refractivity (Wildman–Crippen MR) is 101 cm³/mol. The maximum absolute atomic E-state index is 14.0. The van der Waals surface area contributed by atoms with E-state index in [1.807, 2.05) is 4.90 Å². The number of esters is 1. The van der Waals surface area contributed by atoms with E-state index in [-0.39, 0.29) is 17.1 Å². The molecule has 0 radical (unpaired) electrons. The minimum Gasteiger partial charge on any atom is -0.480 e. The lowest BCUT2D eigenvalue weighted by Gasteiger charge is -2.18. The Morgan fingerprint density at radius 3 is 2.81 bits per heavy atom. The van der Waals surface area contributed by atoms with Crippen molar-refractivity contribution in [2.24, 2.45) is 5.73 Å². The zero-order chi connectivity index (χ0) is 19.6. The maximum atomic E-state index is 14.0. The Bertz CT molecular complexity index is 902. The average molecular weight is 409 g/mol. The van der Waals surface area contributed by atoms with Gasteiger partial charge in [0.15, 0.2) is 11.6 Å². The van der Waals surface area contributed by atoms with Crippen LogP contribution in [0.3, 0.4) is 0 Å². The molecule has 7 nitrogen and oxygen atoms in total. The molecule has 2 aromatic rings. The second-order valence-corrected chi connectivity index (χ2v) is 7.98. The molecular weight excluding hydrogens is 393 g/mol. The van der Waals surface area contributed by atoms with Gasteiger partial charge in [-0.1, -0.05) is 0 Å². The Hall–Kier alpha value is -2.43. The highest BCUT2D eigenvalue weighted by molar-refractivity contribution is 7.99. The lowest BCUT2D eigenvalue weighted by atomic mass is 10.2. The smallest absolute Gasteiger partial charge is 0.353 e. The molecule has 3 rings (SSSR count). The number of hydrogen-bond acceptors (Lipinski definition) is 7. The van der Waals surface area contributed by atoms with Crippen molar-refractivity contribution in [2.45, 2.75) is 12.6 Å². The van der Waals surface area contributed by atoms with Gasteiger partial charge >= 0.3 is 11.9 Å². The van der Waals surface area contributed by atoms with Gasteiger partial charge in [-0.15, -0.1) is 23.1 Å². The van der Waals surface area contributed by atoms with Crippen LogP contribution in [0.4, 0.5) is 4.39 Å². The summed E-state index contributed by atoms with van der Waals surface area (Å²) in [5.41, 5.74) is 5.49. The zero-order valence-corrected chi connectivity index (χ0v) is 15.6. The van der Waals surface area contributed by atoms with Gasteiger partial charge in [0, 0.05) is 28.6 Å². The van der Waals surface area contributed by atoms with Gasteiger partial charge in [0.1, 0.15) is 16.8 Å². The predicted octanol–water partition coefficient (Wildman–Crippen LogP) is 2.35. The number of hydrogen-bond donors (Lipinski definition) is 3. The average Bonchev–Trinajstić information content (AvgIpc) is 3.26. The van der Waals surface area contributed by atoms with E-state index in [9.17, 15) is 19.1 Å². The lowest BCUT2D eigenvalue weighted by molar-refractivity contribution is -0.141. The fourth-order valence-electron chi connectivity index (χ4n) is 2.53. The first-order chi connectivity index (χ1) is 12.8. The Morgan fingerprint density at radius 1 is 1.37 bits per heavy atom. The second-order valence-electron chi connectivity index (χ2n) is 5.82. The molecule has 0 spiro atoms. The van der Waals surface area contributed by atoms with Crippen LogP contribution in [0.1, 0.15) is 20.1 Å². The van der Waals surface area contributed by atoms with Crippen molar-refractivity contribution in [3.05, 3.63) is 51.5 Å². The van der Waals surface area contributed by atoms with Crippen LogP contribution < -0.4 is 10.5 Å². The van der Waals surface area contributed by atoms with Gasteiger partial charge in [-0.2, -0.15) is 0 Å². The first kappa shape index (κ1) is 19.3. The van der Waals surface area contributed by atoms with E-state index in [0.29, 0.717) is 23.1 Å². The zero-order valence-electron chi connectivity index (χ0n) is 14.0. The van der Waals surface area contributed by atoms with Crippen molar-refractivity contribution in [2.75, 3.05) is 11.6 Å². The van der Waals surface area contributed by atoms with Crippen LogP contribution in [0.5, 0.6) is 5.75 Å². The maximum Gasteiger partial charge on any atom is 0.353 e. The molecule has 1 aromatic heterocycles. The Labute approximate surface area is 162 Å². The van der Waals surface area contributed by atoms with Crippen LogP contribution >= 0.6 is 23.1 Å². The lowest BCUT2D eigenvalue weighted by Crippen LogP contribution is -2.36. The van der Waals surface area contributed by atoms with Gasteiger partial charge in [0.05, 0.1) is 0 Å². The SMILES string of the molecule is N=C(N)c1ccc(OC(=O)c2ccc(CN3CSC[C@H]3C(=O)O)s2)c(F)c1. The number of carboxylic acid groups (broad SMARTS) is 1. The van der Waals surface area contributed by atoms with Crippen molar-refractivity contribution in [1.82, 2.24) is 4.90 Å². The van der Waals surface area contributed by atoms with E-state index >= 15 is 0 Å². The number of ether oxygens (including phenoxy) is 1. The highest BCUT2D eigenvalue weighted by Gasteiger charge is 2.31. The number of carboxylic acids is 1. The highest BCUT2D eigenvalue weighted by atomic mass is 32.2. The minimum absolute atomic E-state index is 0.196. The van der Waals surface area contributed by atoms with Crippen LogP contribution in [0.25, 0.3) is 0 Å². The summed E-state index contributed by atoms with van der Waals surface area (Å²) in [6, 6.07) is 6.44. The van der Waals surface area contributed by atoms with Crippen LogP contribution in [0.2, 0.25) is 0 Å². The molecule has 1 fully saturated rings. The number of carbonyl (C=O) groups excluding carboxylic acids is 1. The van der Waals surface area contributed by atoms with Crippen molar-refractivity contribution >= 4 is 40.9 Å². The van der Waals surface area contributed by atoms with Crippen LogP contribution in [0, 0.1) is 11.2 Å². The molecule has 1 atom stereocenters. The number of nitrogens with zero attached hydrogens (tertiary/aromatic N) is 1. The van der Waals surface area contributed by atoms with E-state index in [1.54, 1.807) is 23.9 Å². The fourth-order valence-corrected chi connectivity index (χ4v) is 4.63. The van der Waals surface area contributed by atoms with Crippen LogP contribution in [0.15, 0.2) is 30.3 Å². The molecule has 0 bridgehead atoms. The quantitative estimate of drug-likeness (QED) is 0.290. The number of halogens is 1. The molecule has 142 valence electrons. The van der Waals surface area contributed by atoms with Crippen LogP contribution in [-0.2, 0) is 11.3 Å². The van der Waals surface area contributed by atoms with Gasteiger partial charge in [0.2, 0.25) is 0 Å². The number of nitrogens with two attached hydrogens (primary N) is 1. The third-order valence-electron chi connectivity index (χ3n) is 3.93. The molecule has 1 aromatic carbocycles. The number of amidine groups is 1. The van der Waals surface area contributed by atoms with Gasteiger partial charge in [-0.05, 0) is 30.3 Å². The molecule has 0 amide bonds. The monoisotopic (exact) mass is 409 g/mol. The van der Waals surface area contributed by atoms with Crippen molar-refractivity contribution in [3.8, 4) is 5.75 Å². The van der Waals surface area contributed by atoms with Gasteiger partial charge in [-0.25, -0.2) is 9.18 Å². The van der Waals surface area contributed by atoms with Crippen LogP contribution in [-0.4, -0.2) is 45.5 Å². The second kappa shape index (κ2) is 8.07. The number of carbonyl (C=O) groups is 2. The summed E-state index contributed by atoms with van der Waals surface area (Å²) < 4.78 is 19.1. The molecule has 10 heteroatoms. The number of rotatable bonds is 6. The standard InChI is InChI=1S/C17H16FN3O4S2/c18-11-5-9(15(19)20)1-3-13(11)25-17(24)14-4-2-10(27-14)6-21-8-26-7-12(21)16(22)23/h1-5,12H,6-8H2,(H3,19,20)(H,22,23)/t12-/m0/s1. The third-order valence-corrected chi connectivity index (χ3v) is 6.04. The van der Waals surface area contributed by atoms with E-state index in [4.69, 9.17) is 15.9 Å². The normalized spacial score (nSPS) is 17.0. The summed E-state index contributed by atoms with van der Waals surface area (Å²) in [7, 11) is 0. The summed E-state index contributed by atoms with van der Waals surface area (Å²) in [5.74, 6) is -1.73. The Kier molecular flexibility index (Phi) is 5.78. The number of thiophene rings is 1. The number of thioether (sulfide) groups is 1. The fraction of sp³-hybridized carbons (Fsp3) is 0.235. The first-order valence-corrected chi connectivity index (χ1v) is 9.81. The van der Waals surface area contributed by atoms with Crippen molar-refractivity contribution < 1.29 is 23.8 Å². The Morgan fingerprint density at radius 2 is 2.15 bits per heavy atom. The van der Waals surface area contributed by atoms with Gasteiger partial charge in [-0.3, -0.25) is 15.1 Å². The molecule has 0 saturated carbocycles. The van der Waals surface area contributed by atoms with E-state index in [1.165, 1.54) is 23.5 Å². The largest absolute Gasteiger partial charge is 0.480 e. The number of nitrogen functional groups attached to an aromatic ring is 1. The summed E-state index contributed by atoms with van der Waals surface area (Å²) in [6.45, 7) is 0.420. The first-order valence-electron chi connectivity index (χ1n) is 7.84. The Balaban J connectivity index is 1.67.